The van der Waals surface area contributed by atoms with Crippen molar-refractivity contribution in [3.8, 4) is 11.8 Å². The molecule has 0 radical (unpaired) electrons. The molecular formula is C22H26N2O. The SMILES string of the molecule is CN(C)CCC(Oc1ccc2c(c1)CCCC2)c1ccc(C#N)cc1. The number of fused-ring (bicyclic) bond motifs is 1. The Morgan fingerprint density at radius 3 is 2.44 bits per heavy atom. The molecule has 0 N–H and O–H groups in total. The largest absolute Gasteiger partial charge is 0.486 e. The average Bonchev–Trinajstić information content (AvgIpc) is 2.65. The summed E-state index contributed by atoms with van der Waals surface area (Å²) in [6.07, 6.45) is 5.83. The molecule has 1 aliphatic rings. The highest BCUT2D eigenvalue weighted by Crippen LogP contribution is 2.30. The van der Waals surface area contributed by atoms with Crippen LogP contribution in [-0.4, -0.2) is 25.5 Å². The summed E-state index contributed by atoms with van der Waals surface area (Å²) < 4.78 is 6.38. The zero-order valence-corrected chi connectivity index (χ0v) is 15.2. The van der Waals surface area contributed by atoms with E-state index in [4.69, 9.17) is 10.00 Å². The Morgan fingerprint density at radius 1 is 1.04 bits per heavy atom. The molecule has 0 fully saturated rings. The van der Waals surface area contributed by atoms with Crippen LogP contribution in [-0.2, 0) is 12.8 Å². The first-order valence-electron chi connectivity index (χ1n) is 9.09. The van der Waals surface area contributed by atoms with Gasteiger partial charge in [0.1, 0.15) is 11.9 Å². The highest BCUT2D eigenvalue weighted by molar-refractivity contribution is 5.38. The predicted octanol–water partition coefficient (Wildman–Crippen LogP) is 4.51. The molecule has 0 bridgehead atoms. The molecule has 0 spiro atoms. The summed E-state index contributed by atoms with van der Waals surface area (Å²) in [4.78, 5) is 2.17. The maximum Gasteiger partial charge on any atom is 0.125 e. The van der Waals surface area contributed by atoms with Gasteiger partial charge in [0.05, 0.1) is 11.6 Å². The van der Waals surface area contributed by atoms with Crippen molar-refractivity contribution in [2.75, 3.05) is 20.6 Å². The second-order valence-corrected chi connectivity index (χ2v) is 7.07. The lowest BCUT2D eigenvalue weighted by Gasteiger charge is -2.23. The third kappa shape index (κ3) is 4.61. The molecule has 3 heteroatoms. The van der Waals surface area contributed by atoms with Crippen LogP contribution in [0.2, 0.25) is 0 Å². The van der Waals surface area contributed by atoms with Crippen LogP contribution in [0.25, 0.3) is 0 Å². The van der Waals surface area contributed by atoms with Crippen LogP contribution in [0.3, 0.4) is 0 Å². The van der Waals surface area contributed by atoms with E-state index in [-0.39, 0.29) is 6.10 Å². The number of nitriles is 1. The highest BCUT2D eigenvalue weighted by Gasteiger charge is 2.16. The lowest BCUT2D eigenvalue weighted by atomic mass is 9.92. The lowest BCUT2D eigenvalue weighted by molar-refractivity contribution is 0.179. The number of benzene rings is 2. The summed E-state index contributed by atoms with van der Waals surface area (Å²) in [6.45, 7) is 0.954. The maximum absolute atomic E-state index is 9.00. The number of hydrogen-bond acceptors (Lipinski definition) is 3. The normalized spacial score (nSPS) is 14.6. The molecule has 0 heterocycles. The molecule has 25 heavy (non-hydrogen) atoms. The van der Waals surface area contributed by atoms with Crippen molar-refractivity contribution in [2.24, 2.45) is 0 Å². The molecule has 0 saturated heterocycles. The van der Waals surface area contributed by atoms with Gasteiger partial charge in [-0.25, -0.2) is 0 Å². The predicted molar refractivity (Wildman–Crippen MR) is 101 cm³/mol. The van der Waals surface area contributed by atoms with Gasteiger partial charge < -0.3 is 9.64 Å². The van der Waals surface area contributed by atoms with Gasteiger partial charge in [-0.15, -0.1) is 0 Å². The van der Waals surface area contributed by atoms with Crippen LogP contribution >= 0.6 is 0 Å². The Morgan fingerprint density at radius 2 is 1.76 bits per heavy atom. The summed E-state index contributed by atoms with van der Waals surface area (Å²) in [6, 6.07) is 16.5. The Labute approximate surface area is 150 Å². The van der Waals surface area contributed by atoms with Gasteiger partial charge in [0.25, 0.3) is 0 Å². The first-order valence-corrected chi connectivity index (χ1v) is 9.09. The van der Waals surface area contributed by atoms with E-state index in [0.717, 1.165) is 30.7 Å². The molecule has 130 valence electrons. The summed E-state index contributed by atoms with van der Waals surface area (Å²) in [7, 11) is 4.16. The molecule has 1 atom stereocenters. The Kier molecular flexibility index (Phi) is 5.73. The van der Waals surface area contributed by atoms with E-state index in [9.17, 15) is 0 Å². The van der Waals surface area contributed by atoms with Crippen molar-refractivity contribution in [2.45, 2.75) is 38.2 Å². The molecule has 3 nitrogen and oxygen atoms in total. The minimum absolute atomic E-state index is 0.00298. The second-order valence-electron chi connectivity index (χ2n) is 7.07. The van der Waals surface area contributed by atoms with E-state index >= 15 is 0 Å². The zero-order valence-electron chi connectivity index (χ0n) is 15.2. The Hall–Kier alpha value is -2.31. The van der Waals surface area contributed by atoms with Crippen molar-refractivity contribution in [3.63, 3.8) is 0 Å². The van der Waals surface area contributed by atoms with Gasteiger partial charge >= 0.3 is 0 Å². The summed E-state index contributed by atoms with van der Waals surface area (Å²) >= 11 is 0. The van der Waals surface area contributed by atoms with E-state index in [1.807, 2.05) is 24.3 Å². The molecule has 0 saturated carbocycles. The van der Waals surface area contributed by atoms with Crippen LogP contribution in [0.5, 0.6) is 5.75 Å². The van der Waals surface area contributed by atoms with Gasteiger partial charge in [0.15, 0.2) is 0 Å². The van der Waals surface area contributed by atoms with Crippen molar-refractivity contribution in [3.05, 3.63) is 64.7 Å². The smallest absolute Gasteiger partial charge is 0.125 e. The first-order chi connectivity index (χ1) is 12.2. The molecular weight excluding hydrogens is 308 g/mol. The summed E-state index contributed by atoms with van der Waals surface area (Å²) in [5, 5.41) is 9.00. The average molecular weight is 334 g/mol. The first kappa shape index (κ1) is 17.5. The molecule has 0 aliphatic heterocycles. The molecule has 2 aromatic rings. The molecule has 1 unspecified atom stereocenters. The van der Waals surface area contributed by atoms with Crippen molar-refractivity contribution in [1.82, 2.24) is 4.90 Å². The fourth-order valence-corrected chi connectivity index (χ4v) is 3.39. The number of rotatable bonds is 6. The fraction of sp³-hybridized carbons (Fsp3) is 0.409. The number of hydrogen-bond donors (Lipinski definition) is 0. The summed E-state index contributed by atoms with van der Waals surface area (Å²) in [5.74, 6) is 0.953. The third-order valence-electron chi connectivity index (χ3n) is 4.85. The van der Waals surface area contributed by atoms with Crippen LogP contribution < -0.4 is 4.74 Å². The minimum atomic E-state index is -0.00298. The van der Waals surface area contributed by atoms with E-state index < -0.39 is 0 Å². The molecule has 3 rings (SSSR count). The van der Waals surface area contributed by atoms with Gasteiger partial charge in [-0.3, -0.25) is 0 Å². The van der Waals surface area contributed by atoms with Crippen molar-refractivity contribution >= 4 is 0 Å². The van der Waals surface area contributed by atoms with Crippen molar-refractivity contribution in [1.29, 1.82) is 5.26 Å². The van der Waals surface area contributed by atoms with Crippen LogP contribution in [0, 0.1) is 11.3 Å². The fourth-order valence-electron chi connectivity index (χ4n) is 3.39. The molecule has 0 aromatic heterocycles. The lowest BCUT2D eigenvalue weighted by Crippen LogP contribution is -2.19. The Bertz CT molecular complexity index is 744. The monoisotopic (exact) mass is 334 g/mol. The van der Waals surface area contributed by atoms with Crippen LogP contribution in [0.1, 0.15) is 47.6 Å². The van der Waals surface area contributed by atoms with Crippen LogP contribution in [0.4, 0.5) is 0 Å². The van der Waals surface area contributed by atoms with Gasteiger partial charge in [0.2, 0.25) is 0 Å². The number of ether oxygens (including phenoxy) is 1. The standard InChI is InChI=1S/C22H26N2O/c1-24(2)14-13-22(19-9-7-17(16-23)8-10-19)25-21-12-11-18-5-3-4-6-20(18)15-21/h7-12,15,22H,3-6,13-14H2,1-2H3. The topological polar surface area (TPSA) is 36.3 Å². The van der Waals surface area contributed by atoms with E-state index in [1.54, 1.807) is 0 Å². The minimum Gasteiger partial charge on any atom is -0.486 e. The number of nitrogens with zero attached hydrogens (tertiary/aromatic N) is 2. The maximum atomic E-state index is 9.00. The number of aryl methyl sites for hydroxylation is 2. The van der Waals surface area contributed by atoms with E-state index in [2.05, 4.69) is 43.3 Å². The van der Waals surface area contributed by atoms with Crippen LogP contribution in [0.15, 0.2) is 42.5 Å². The second kappa shape index (κ2) is 8.18. The molecule has 0 amide bonds. The Balaban J connectivity index is 1.80. The molecule has 2 aromatic carbocycles. The van der Waals surface area contributed by atoms with Crippen molar-refractivity contribution < 1.29 is 4.74 Å². The third-order valence-corrected chi connectivity index (χ3v) is 4.85. The quantitative estimate of drug-likeness (QED) is 0.780. The zero-order chi connectivity index (χ0) is 17.6. The van der Waals surface area contributed by atoms with E-state index in [0.29, 0.717) is 5.56 Å². The molecule has 1 aliphatic carbocycles. The summed E-state index contributed by atoms with van der Waals surface area (Å²) in [5.41, 5.74) is 4.72. The van der Waals surface area contributed by atoms with Gasteiger partial charge in [-0.05, 0) is 80.7 Å². The van der Waals surface area contributed by atoms with Gasteiger partial charge in [0, 0.05) is 13.0 Å². The highest BCUT2D eigenvalue weighted by atomic mass is 16.5. The van der Waals surface area contributed by atoms with Gasteiger partial charge in [-0.1, -0.05) is 18.2 Å². The van der Waals surface area contributed by atoms with Gasteiger partial charge in [-0.2, -0.15) is 5.26 Å². The van der Waals surface area contributed by atoms with E-state index in [1.165, 1.54) is 30.4 Å².